The molecule has 0 unspecified atom stereocenters. The number of rotatable bonds is 14. The van der Waals surface area contributed by atoms with E-state index >= 15 is 0 Å². The first-order valence-electron chi connectivity index (χ1n) is 15.4. The molecule has 47 heavy (non-hydrogen) atoms. The lowest BCUT2D eigenvalue weighted by Crippen LogP contribution is -2.44. The molecule has 1 atom stereocenters. The van der Waals surface area contributed by atoms with Crippen molar-refractivity contribution in [1.29, 1.82) is 0 Å². The highest BCUT2D eigenvalue weighted by Gasteiger charge is 2.17. The summed E-state index contributed by atoms with van der Waals surface area (Å²) in [5.74, 6) is 0.475. The molecule has 4 aromatic carbocycles. The Labute approximate surface area is 273 Å². The number of amides is 3. The zero-order chi connectivity index (χ0) is 32.8. The third kappa shape index (κ3) is 9.86. The minimum atomic E-state index is -0.597. The highest BCUT2D eigenvalue weighted by atomic mass is 16.6. The number of hydrogen-bond donors (Lipinski definition) is 4. The van der Waals surface area contributed by atoms with Crippen LogP contribution < -0.4 is 20.7 Å². The van der Waals surface area contributed by atoms with Crippen LogP contribution in [0, 0.1) is 0 Å². The second-order valence-electron chi connectivity index (χ2n) is 11.0. The molecule has 10 nitrogen and oxygen atoms in total. The van der Waals surface area contributed by atoms with E-state index in [2.05, 4.69) is 20.9 Å². The van der Waals surface area contributed by atoms with Crippen molar-refractivity contribution >= 4 is 29.0 Å². The lowest BCUT2D eigenvalue weighted by atomic mass is 10.0. The summed E-state index contributed by atoms with van der Waals surface area (Å²) >= 11 is 0. The number of alkyl carbamates (subject to hydrolysis) is 2. The monoisotopic (exact) mass is 634 g/mol. The summed E-state index contributed by atoms with van der Waals surface area (Å²) in [6.07, 6.45) is -0.124. The molecule has 4 N–H and O–H groups in total. The SMILES string of the molecule is COc1ccc(-c2ccc3cc(C(=O)NC[C@H](CCCNC(=O)OCc4ccccc4)NC(=O)OCc4ccccc4)[nH]c3c2)cc1. The first-order chi connectivity index (χ1) is 23.0. The zero-order valence-corrected chi connectivity index (χ0v) is 26.2. The fourth-order valence-corrected chi connectivity index (χ4v) is 4.99. The minimum Gasteiger partial charge on any atom is -0.497 e. The summed E-state index contributed by atoms with van der Waals surface area (Å²) in [6.45, 7) is 0.780. The van der Waals surface area contributed by atoms with Crippen LogP contribution in [0.3, 0.4) is 0 Å². The Balaban J connectivity index is 1.15. The van der Waals surface area contributed by atoms with Crippen molar-refractivity contribution < 1.29 is 28.6 Å². The van der Waals surface area contributed by atoms with E-state index in [4.69, 9.17) is 14.2 Å². The largest absolute Gasteiger partial charge is 0.497 e. The number of H-pyrrole nitrogens is 1. The highest BCUT2D eigenvalue weighted by molar-refractivity contribution is 5.98. The van der Waals surface area contributed by atoms with Crippen molar-refractivity contribution in [2.24, 2.45) is 0 Å². The number of carbonyl (C=O) groups excluding carboxylic acids is 3. The Morgan fingerprint density at radius 3 is 2.02 bits per heavy atom. The van der Waals surface area contributed by atoms with Crippen LogP contribution in [0.1, 0.15) is 34.5 Å². The molecule has 5 rings (SSSR count). The Hall–Kier alpha value is -5.77. The second-order valence-corrected chi connectivity index (χ2v) is 11.0. The minimum absolute atomic E-state index is 0.119. The van der Waals surface area contributed by atoms with E-state index in [1.54, 1.807) is 13.2 Å². The van der Waals surface area contributed by atoms with E-state index in [-0.39, 0.29) is 25.7 Å². The van der Waals surface area contributed by atoms with Crippen LogP contribution >= 0.6 is 0 Å². The Kier molecular flexibility index (Phi) is 11.5. The standard InChI is InChI=1S/C37H38N4O6/c1-45-32-18-16-28(17-19-32)29-14-15-30-22-34(41-33(30)21-29)35(42)39-23-31(40-37(44)47-25-27-11-6-3-7-12-27)13-8-20-38-36(43)46-24-26-9-4-2-5-10-26/h2-7,9-12,14-19,21-22,31,41H,8,13,20,23-25H2,1H3,(H,38,43)(H,39,42)(H,40,44)/t31-/m0/s1. The zero-order valence-electron chi connectivity index (χ0n) is 26.2. The van der Waals surface area contributed by atoms with Gasteiger partial charge in [-0.3, -0.25) is 4.79 Å². The molecule has 1 aromatic heterocycles. The van der Waals surface area contributed by atoms with Gasteiger partial charge in [-0.05, 0) is 59.4 Å². The molecule has 0 bridgehead atoms. The molecule has 0 spiro atoms. The average Bonchev–Trinajstić information content (AvgIpc) is 3.55. The molecule has 242 valence electrons. The molecule has 1 heterocycles. The number of fused-ring (bicyclic) bond motifs is 1. The fourth-order valence-electron chi connectivity index (χ4n) is 4.99. The smallest absolute Gasteiger partial charge is 0.407 e. The van der Waals surface area contributed by atoms with Gasteiger partial charge in [-0.1, -0.05) is 84.9 Å². The normalized spacial score (nSPS) is 11.3. The molecule has 5 aromatic rings. The molecule has 0 saturated carbocycles. The van der Waals surface area contributed by atoms with E-state index in [1.807, 2.05) is 103 Å². The molecular weight excluding hydrogens is 596 g/mol. The highest BCUT2D eigenvalue weighted by Crippen LogP contribution is 2.26. The van der Waals surface area contributed by atoms with Gasteiger partial charge in [0.05, 0.1) is 7.11 Å². The van der Waals surface area contributed by atoms with E-state index < -0.39 is 18.2 Å². The second kappa shape index (κ2) is 16.5. The van der Waals surface area contributed by atoms with Crippen LogP contribution in [0.25, 0.3) is 22.0 Å². The maximum absolute atomic E-state index is 13.2. The molecule has 0 saturated heterocycles. The Morgan fingerprint density at radius 1 is 0.723 bits per heavy atom. The first-order valence-corrected chi connectivity index (χ1v) is 15.4. The summed E-state index contributed by atoms with van der Waals surface area (Å²) < 4.78 is 15.9. The molecule has 0 aliphatic heterocycles. The van der Waals surface area contributed by atoms with Gasteiger partial charge in [0, 0.05) is 30.0 Å². The summed E-state index contributed by atoms with van der Waals surface area (Å²) in [5.41, 5.74) is 5.02. The van der Waals surface area contributed by atoms with Crippen LogP contribution in [0.15, 0.2) is 109 Å². The molecule has 3 amide bonds. The number of ether oxygens (including phenoxy) is 3. The van der Waals surface area contributed by atoms with Gasteiger partial charge < -0.3 is 35.1 Å². The van der Waals surface area contributed by atoms with Gasteiger partial charge >= 0.3 is 12.2 Å². The summed E-state index contributed by atoms with van der Waals surface area (Å²) in [7, 11) is 1.63. The third-order valence-corrected chi connectivity index (χ3v) is 7.55. The molecule has 0 fully saturated rings. The number of methoxy groups -OCH3 is 1. The number of aromatic nitrogens is 1. The van der Waals surface area contributed by atoms with Gasteiger partial charge in [0.1, 0.15) is 24.7 Å². The Morgan fingerprint density at radius 2 is 1.36 bits per heavy atom. The third-order valence-electron chi connectivity index (χ3n) is 7.55. The fraction of sp³-hybridized carbons (Fsp3) is 0.216. The van der Waals surface area contributed by atoms with Gasteiger partial charge in [0.15, 0.2) is 0 Å². The van der Waals surface area contributed by atoms with Crippen LogP contribution in [-0.2, 0) is 22.7 Å². The van der Waals surface area contributed by atoms with Crippen molar-refractivity contribution in [3.63, 3.8) is 0 Å². The van der Waals surface area contributed by atoms with Gasteiger partial charge in [-0.15, -0.1) is 0 Å². The van der Waals surface area contributed by atoms with Crippen LogP contribution in [0.5, 0.6) is 5.75 Å². The molecule has 0 radical (unpaired) electrons. The van der Waals surface area contributed by atoms with Gasteiger partial charge in [0.2, 0.25) is 0 Å². The quantitative estimate of drug-likeness (QED) is 0.102. The van der Waals surface area contributed by atoms with E-state index in [0.29, 0.717) is 25.1 Å². The van der Waals surface area contributed by atoms with Gasteiger partial charge in [-0.25, -0.2) is 9.59 Å². The van der Waals surface area contributed by atoms with E-state index in [9.17, 15) is 14.4 Å². The topological polar surface area (TPSA) is 131 Å². The van der Waals surface area contributed by atoms with E-state index in [0.717, 1.165) is 38.9 Å². The number of hydrogen-bond acceptors (Lipinski definition) is 6. The maximum atomic E-state index is 13.2. The van der Waals surface area contributed by atoms with Crippen LogP contribution in [-0.4, -0.2) is 49.3 Å². The molecule has 10 heteroatoms. The predicted octanol–water partition coefficient (Wildman–Crippen LogP) is 6.57. The Bertz CT molecular complexity index is 1760. The van der Waals surface area contributed by atoms with Gasteiger partial charge in [-0.2, -0.15) is 0 Å². The molecular formula is C37H38N4O6. The average molecular weight is 635 g/mol. The van der Waals surface area contributed by atoms with Crippen molar-refractivity contribution in [1.82, 2.24) is 20.9 Å². The summed E-state index contributed by atoms with van der Waals surface area (Å²) in [4.78, 5) is 41.2. The van der Waals surface area contributed by atoms with Crippen molar-refractivity contribution in [3.8, 4) is 16.9 Å². The number of benzene rings is 4. The first kappa shape index (κ1) is 32.6. The lowest BCUT2D eigenvalue weighted by Gasteiger charge is -2.19. The summed E-state index contributed by atoms with van der Waals surface area (Å²) in [5, 5.41) is 9.40. The predicted molar refractivity (Wildman–Crippen MR) is 180 cm³/mol. The number of nitrogens with one attached hydrogen (secondary N) is 4. The van der Waals surface area contributed by atoms with Crippen LogP contribution in [0.4, 0.5) is 9.59 Å². The molecule has 0 aliphatic rings. The van der Waals surface area contributed by atoms with Crippen molar-refractivity contribution in [2.75, 3.05) is 20.2 Å². The summed E-state index contributed by atoms with van der Waals surface area (Å²) in [6, 6.07) is 33.9. The van der Waals surface area contributed by atoms with E-state index in [1.165, 1.54) is 0 Å². The van der Waals surface area contributed by atoms with Gasteiger partial charge in [0.25, 0.3) is 5.91 Å². The van der Waals surface area contributed by atoms with Crippen molar-refractivity contribution in [2.45, 2.75) is 32.1 Å². The number of carbonyl (C=O) groups is 3. The number of aromatic amines is 1. The van der Waals surface area contributed by atoms with Crippen molar-refractivity contribution in [3.05, 3.63) is 126 Å². The maximum Gasteiger partial charge on any atom is 0.407 e. The molecule has 0 aliphatic carbocycles. The van der Waals surface area contributed by atoms with Crippen LogP contribution in [0.2, 0.25) is 0 Å². The lowest BCUT2D eigenvalue weighted by molar-refractivity contribution is 0.0940.